The van der Waals surface area contributed by atoms with Crippen molar-refractivity contribution in [3.63, 3.8) is 0 Å². The van der Waals surface area contributed by atoms with Gasteiger partial charge in [-0.05, 0) is 67.8 Å². The molecule has 2 N–H and O–H groups in total. The van der Waals surface area contributed by atoms with E-state index in [1.807, 2.05) is 19.9 Å². The molecule has 2 rings (SSSR count). The molecule has 0 aromatic heterocycles. The van der Waals surface area contributed by atoms with Crippen molar-refractivity contribution in [1.82, 2.24) is 5.32 Å². The minimum Gasteiger partial charge on any atom is -0.352 e. The number of rotatable bonds is 7. The lowest BCUT2D eigenvalue weighted by Crippen LogP contribution is -2.24. The average Bonchev–Trinajstić information content (AvgIpc) is 2.53. The number of hydrogen-bond donors (Lipinski definition) is 2. The first-order valence-corrected chi connectivity index (χ1v) is 9.79. The quantitative estimate of drug-likeness (QED) is 0.740. The average molecular weight is 360 g/mol. The molecular weight excluding hydrogens is 336 g/mol. The van der Waals surface area contributed by atoms with Crippen LogP contribution in [-0.2, 0) is 10.0 Å². The van der Waals surface area contributed by atoms with E-state index < -0.39 is 10.0 Å². The molecule has 0 saturated carbocycles. The van der Waals surface area contributed by atoms with Crippen molar-refractivity contribution in [1.29, 1.82) is 0 Å². The Morgan fingerprint density at radius 3 is 2.16 bits per heavy atom. The molecule has 5 nitrogen and oxygen atoms in total. The predicted molar refractivity (Wildman–Crippen MR) is 100 cm³/mol. The maximum atomic E-state index is 12.5. The SMILES string of the molecule is CCCCNC(=O)c1ccc(S(=O)(=O)Nc2cc(C)cc(C)c2)cc1. The number of carbonyl (C=O) groups is 1. The van der Waals surface area contributed by atoms with Gasteiger partial charge in [0.15, 0.2) is 0 Å². The van der Waals surface area contributed by atoms with E-state index in [1.54, 1.807) is 12.1 Å². The van der Waals surface area contributed by atoms with Crippen LogP contribution in [0.2, 0.25) is 0 Å². The monoisotopic (exact) mass is 360 g/mol. The zero-order valence-corrected chi connectivity index (χ0v) is 15.6. The second-order valence-corrected chi connectivity index (χ2v) is 7.80. The Morgan fingerprint density at radius 1 is 1.00 bits per heavy atom. The Kier molecular flexibility index (Phi) is 6.20. The Hall–Kier alpha value is -2.34. The van der Waals surface area contributed by atoms with Gasteiger partial charge in [0.25, 0.3) is 15.9 Å². The van der Waals surface area contributed by atoms with Gasteiger partial charge in [0.1, 0.15) is 0 Å². The number of unbranched alkanes of at least 4 members (excludes halogenated alkanes) is 1. The van der Waals surface area contributed by atoms with Crippen molar-refractivity contribution in [2.75, 3.05) is 11.3 Å². The fourth-order valence-corrected chi connectivity index (χ4v) is 3.55. The van der Waals surface area contributed by atoms with Crippen LogP contribution in [0, 0.1) is 13.8 Å². The fraction of sp³-hybridized carbons (Fsp3) is 0.316. The molecule has 0 aliphatic heterocycles. The lowest BCUT2D eigenvalue weighted by molar-refractivity contribution is 0.0953. The highest BCUT2D eigenvalue weighted by molar-refractivity contribution is 7.92. The third-order valence-electron chi connectivity index (χ3n) is 3.72. The third-order valence-corrected chi connectivity index (χ3v) is 5.11. The summed E-state index contributed by atoms with van der Waals surface area (Å²) in [6, 6.07) is 11.5. The van der Waals surface area contributed by atoms with Crippen LogP contribution in [0.5, 0.6) is 0 Å². The molecular formula is C19H24N2O3S. The second-order valence-electron chi connectivity index (χ2n) is 6.12. The smallest absolute Gasteiger partial charge is 0.261 e. The van der Waals surface area contributed by atoms with Crippen LogP contribution in [0.1, 0.15) is 41.3 Å². The lowest BCUT2D eigenvalue weighted by Gasteiger charge is -2.10. The van der Waals surface area contributed by atoms with E-state index in [-0.39, 0.29) is 10.8 Å². The first kappa shape index (κ1) is 19.0. The van der Waals surface area contributed by atoms with Crippen molar-refractivity contribution in [3.8, 4) is 0 Å². The summed E-state index contributed by atoms with van der Waals surface area (Å²) in [6.45, 7) is 6.49. The number of anilines is 1. The summed E-state index contributed by atoms with van der Waals surface area (Å²) in [7, 11) is -3.69. The maximum Gasteiger partial charge on any atom is 0.261 e. The normalized spacial score (nSPS) is 11.2. The summed E-state index contributed by atoms with van der Waals surface area (Å²) in [5, 5.41) is 2.81. The molecule has 0 unspecified atom stereocenters. The number of benzene rings is 2. The molecule has 25 heavy (non-hydrogen) atoms. The van der Waals surface area contributed by atoms with Crippen LogP contribution in [-0.4, -0.2) is 20.9 Å². The Bertz CT molecular complexity index is 823. The van der Waals surface area contributed by atoms with Gasteiger partial charge in [0.05, 0.1) is 4.90 Å². The molecule has 0 fully saturated rings. The van der Waals surface area contributed by atoms with E-state index >= 15 is 0 Å². The molecule has 0 spiro atoms. The molecule has 0 radical (unpaired) electrons. The van der Waals surface area contributed by atoms with Gasteiger partial charge in [0.2, 0.25) is 0 Å². The predicted octanol–water partition coefficient (Wildman–Crippen LogP) is 3.63. The van der Waals surface area contributed by atoms with Crippen LogP contribution >= 0.6 is 0 Å². The van der Waals surface area contributed by atoms with Crippen molar-refractivity contribution in [2.24, 2.45) is 0 Å². The van der Waals surface area contributed by atoms with Crippen molar-refractivity contribution in [2.45, 2.75) is 38.5 Å². The van der Waals surface area contributed by atoms with Crippen molar-refractivity contribution in [3.05, 3.63) is 59.2 Å². The largest absolute Gasteiger partial charge is 0.352 e. The molecule has 0 atom stereocenters. The molecule has 0 aliphatic carbocycles. The summed E-state index contributed by atoms with van der Waals surface area (Å²) in [5.74, 6) is -0.195. The minimum absolute atomic E-state index is 0.122. The molecule has 2 aromatic rings. The second kappa shape index (κ2) is 8.16. The summed E-state index contributed by atoms with van der Waals surface area (Å²) in [4.78, 5) is 12.1. The van der Waals surface area contributed by atoms with E-state index in [9.17, 15) is 13.2 Å². The number of aryl methyl sites for hydroxylation is 2. The van der Waals surface area contributed by atoms with Crippen LogP contribution in [0.4, 0.5) is 5.69 Å². The maximum absolute atomic E-state index is 12.5. The minimum atomic E-state index is -3.69. The Labute approximate surface area is 149 Å². The number of hydrogen-bond acceptors (Lipinski definition) is 3. The highest BCUT2D eigenvalue weighted by Gasteiger charge is 2.15. The van der Waals surface area contributed by atoms with Gasteiger partial charge in [-0.15, -0.1) is 0 Å². The molecule has 6 heteroatoms. The van der Waals surface area contributed by atoms with Gasteiger partial charge < -0.3 is 5.32 Å². The van der Waals surface area contributed by atoms with E-state index in [0.29, 0.717) is 17.8 Å². The van der Waals surface area contributed by atoms with Gasteiger partial charge >= 0.3 is 0 Å². The first-order chi connectivity index (χ1) is 11.8. The fourth-order valence-electron chi connectivity index (χ4n) is 2.51. The summed E-state index contributed by atoms with van der Waals surface area (Å²) in [5.41, 5.74) is 2.94. The number of sulfonamides is 1. The Balaban J connectivity index is 2.13. The van der Waals surface area contributed by atoms with E-state index in [1.165, 1.54) is 24.3 Å². The number of amides is 1. The topological polar surface area (TPSA) is 75.3 Å². The zero-order chi connectivity index (χ0) is 18.4. The van der Waals surface area contributed by atoms with Crippen LogP contribution in [0.25, 0.3) is 0 Å². The highest BCUT2D eigenvalue weighted by atomic mass is 32.2. The molecule has 0 saturated heterocycles. The Morgan fingerprint density at radius 2 is 1.60 bits per heavy atom. The summed E-state index contributed by atoms with van der Waals surface area (Å²) in [6.07, 6.45) is 1.92. The standard InChI is InChI=1S/C19H24N2O3S/c1-4-5-10-20-19(22)16-6-8-18(9-7-16)25(23,24)21-17-12-14(2)11-15(3)13-17/h6-9,11-13,21H,4-5,10H2,1-3H3,(H,20,22). The lowest BCUT2D eigenvalue weighted by atomic mass is 10.1. The van der Waals surface area contributed by atoms with Gasteiger partial charge in [-0.25, -0.2) is 8.42 Å². The van der Waals surface area contributed by atoms with Gasteiger partial charge in [-0.2, -0.15) is 0 Å². The van der Waals surface area contributed by atoms with Gasteiger partial charge in [-0.3, -0.25) is 9.52 Å². The summed E-state index contributed by atoms with van der Waals surface area (Å²) < 4.78 is 27.6. The van der Waals surface area contributed by atoms with Crippen molar-refractivity contribution < 1.29 is 13.2 Å². The molecule has 0 heterocycles. The number of carbonyl (C=O) groups excluding carboxylic acids is 1. The molecule has 134 valence electrons. The van der Waals surface area contributed by atoms with Gasteiger partial charge in [-0.1, -0.05) is 19.4 Å². The van der Waals surface area contributed by atoms with Gasteiger partial charge in [0, 0.05) is 17.8 Å². The van der Waals surface area contributed by atoms with Crippen LogP contribution in [0.15, 0.2) is 47.4 Å². The molecule has 0 bridgehead atoms. The third kappa shape index (κ3) is 5.32. The van der Waals surface area contributed by atoms with E-state index in [2.05, 4.69) is 17.0 Å². The highest BCUT2D eigenvalue weighted by Crippen LogP contribution is 2.19. The molecule has 2 aromatic carbocycles. The molecule has 1 amide bonds. The van der Waals surface area contributed by atoms with Crippen molar-refractivity contribution >= 4 is 21.6 Å². The first-order valence-electron chi connectivity index (χ1n) is 8.31. The van der Waals surface area contributed by atoms with E-state index in [4.69, 9.17) is 0 Å². The number of nitrogens with one attached hydrogen (secondary N) is 2. The van der Waals surface area contributed by atoms with E-state index in [0.717, 1.165) is 24.0 Å². The molecule has 0 aliphatic rings. The van der Waals surface area contributed by atoms with Crippen LogP contribution < -0.4 is 10.0 Å². The zero-order valence-electron chi connectivity index (χ0n) is 14.8. The van der Waals surface area contributed by atoms with Crippen LogP contribution in [0.3, 0.4) is 0 Å². The summed E-state index contributed by atoms with van der Waals surface area (Å²) >= 11 is 0.